The van der Waals surface area contributed by atoms with Crippen LogP contribution in [0.1, 0.15) is 63.6 Å². The van der Waals surface area contributed by atoms with Crippen LogP contribution in [0.3, 0.4) is 0 Å². The molecule has 1 atom stereocenters. The Labute approximate surface area is 118 Å². The van der Waals surface area contributed by atoms with Crippen molar-refractivity contribution in [1.82, 2.24) is 0 Å². The molecule has 1 heteroatoms. The van der Waals surface area contributed by atoms with E-state index in [1.165, 1.54) is 16.7 Å². The lowest BCUT2D eigenvalue weighted by Gasteiger charge is -2.27. The minimum atomic E-state index is 0.0964. The molecule has 0 aromatic heterocycles. The normalized spacial score (nSPS) is 13.2. The summed E-state index contributed by atoms with van der Waals surface area (Å²) < 4.78 is 5.98. The van der Waals surface area contributed by atoms with Crippen molar-refractivity contribution < 1.29 is 4.74 Å². The van der Waals surface area contributed by atoms with E-state index in [1.54, 1.807) is 0 Å². The SMILES string of the molecule is C=CCC(C)c1cc(C)cc(C(C)(C)C)c1OCC. The Balaban J connectivity index is 3.43. The molecule has 19 heavy (non-hydrogen) atoms. The maximum atomic E-state index is 5.98. The van der Waals surface area contributed by atoms with E-state index >= 15 is 0 Å². The summed E-state index contributed by atoms with van der Waals surface area (Å²) in [6, 6.07) is 4.52. The first-order valence-electron chi connectivity index (χ1n) is 7.20. The zero-order valence-electron chi connectivity index (χ0n) is 13.3. The second-order valence-corrected chi connectivity index (χ2v) is 6.34. The van der Waals surface area contributed by atoms with E-state index in [9.17, 15) is 0 Å². The molecule has 1 aromatic rings. The maximum Gasteiger partial charge on any atom is 0.126 e. The van der Waals surface area contributed by atoms with E-state index in [0.29, 0.717) is 12.5 Å². The molecule has 0 fully saturated rings. The lowest BCUT2D eigenvalue weighted by Crippen LogP contribution is -2.16. The van der Waals surface area contributed by atoms with E-state index < -0.39 is 0 Å². The molecule has 1 unspecified atom stereocenters. The Hall–Kier alpha value is -1.24. The lowest BCUT2D eigenvalue weighted by molar-refractivity contribution is 0.324. The third-order valence-corrected chi connectivity index (χ3v) is 3.41. The van der Waals surface area contributed by atoms with Crippen molar-refractivity contribution in [2.24, 2.45) is 0 Å². The standard InChI is InChI=1S/C18H28O/c1-8-10-14(4)15-11-13(3)12-16(18(5,6)7)17(15)19-9-2/h8,11-12,14H,1,9-10H2,2-7H3. The van der Waals surface area contributed by atoms with Gasteiger partial charge in [0.25, 0.3) is 0 Å². The van der Waals surface area contributed by atoms with Crippen molar-refractivity contribution in [3.05, 3.63) is 41.5 Å². The molecule has 0 spiro atoms. The minimum Gasteiger partial charge on any atom is -0.493 e. The Kier molecular flexibility index (Phi) is 5.22. The first-order chi connectivity index (χ1) is 8.81. The molecule has 0 aliphatic carbocycles. The monoisotopic (exact) mass is 260 g/mol. The zero-order valence-corrected chi connectivity index (χ0v) is 13.3. The number of hydrogen-bond acceptors (Lipinski definition) is 1. The van der Waals surface area contributed by atoms with Crippen molar-refractivity contribution in [1.29, 1.82) is 0 Å². The fourth-order valence-electron chi connectivity index (χ4n) is 2.41. The first kappa shape index (κ1) is 15.8. The molecular weight excluding hydrogens is 232 g/mol. The molecule has 0 heterocycles. The van der Waals surface area contributed by atoms with Crippen LogP contribution in [0.4, 0.5) is 0 Å². The van der Waals surface area contributed by atoms with E-state index in [-0.39, 0.29) is 5.41 Å². The fourth-order valence-corrected chi connectivity index (χ4v) is 2.41. The second-order valence-electron chi connectivity index (χ2n) is 6.34. The molecule has 106 valence electrons. The van der Waals surface area contributed by atoms with Gasteiger partial charge in [0.2, 0.25) is 0 Å². The van der Waals surface area contributed by atoms with Gasteiger partial charge < -0.3 is 4.74 Å². The molecule has 0 radical (unpaired) electrons. The van der Waals surface area contributed by atoms with Crippen LogP contribution in [0.15, 0.2) is 24.8 Å². The quantitative estimate of drug-likeness (QED) is 0.647. The summed E-state index contributed by atoms with van der Waals surface area (Å²) in [5.74, 6) is 1.52. The smallest absolute Gasteiger partial charge is 0.126 e. The number of benzene rings is 1. The van der Waals surface area contributed by atoms with Gasteiger partial charge in [-0.2, -0.15) is 0 Å². The van der Waals surface area contributed by atoms with Crippen molar-refractivity contribution in [2.75, 3.05) is 6.61 Å². The van der Waals surface area contributed by atoms with Crippen LogP contribution in [0, 0.1) is 6.92 Å². The molecule has 1 aromatic carbocycles. The molecule has 1 nitrogen and oxygen atoms in total. The molecule has 0 N–H and O–H groups in total. The van der Waals surface area contributed by atoms with Gasteiger partial charge in [0, 0.05) is 5.56 Å². The van der Waals surface area contributed by atoms with Crippen molar-refractivity contribution in [2.45, 2.75) is 59.3 Å². The predicted octanol–water partition coefficient (Wildman–Crippen LogP) is 5.37. The highest BCUT2D eigenvalue weighted by Crippen LogP contribution is 2.39. The van der Waals surface area contributed by atoms with E-state index in [1.807, 2.05) is 13.0 Å². The van der Waals surface area contributed by atoms with Gasteiger partial charge >= 0.3 is 0 Å². The molecule has 0 saturated heterocycles. The molecule has 0 aliphatic heterocycles. The van der Waals surface area contributed by atoms with Crippen LogP contribution >= 0.6 is 0 Å². The highest BCUT2D eigenvalue weighted by molar-refractivity contribution is 5.49. The highest BCUT2D eigenvalue weighted by atomic mass is 16.5. The zero-order chi connectivity index (χ0) is 14.6. The first-order valence-corrected chi connectivity index (χ1v) is 7.20. The fraction of sp³-hybridized carbons (Fsp3) is 0.556. The summed E-state index contributed by atoms with van der Waals surface area (Å²) in [4.78, 5) is 0. The Morgan fingerprint density at radius 3 is 2.42 bits per heavy atom. The number of hydrogen-bond donors (Lipinski definition) is 0. The summed E-state index contributed by atoms with van der Waals surface area (Å²) in [5.41, 5.74) is 4.02. The lowest BCUT2D eigenvalue weighted by atomic mass is 9.82. The molecular formula is C18H28O. The summed E-state index contributed by atoms with van der Waals surface area (Å²) in [6.45, 7) is 17.7. The number of ether oxygens (including phenoxy) is 1. The van der Waals surface area contributed by atoms with Crippen LogP contribution in [0.2, 0.25) is 0 Å². The van der Waals surface area contributed by atoms with E-state index in [0.717, 1.165) is 12.2 Å². The Morgan fingerprint density at radius 2 is 1.95 bits per heavy atom. The van der Waals surface area contributed by atoms with Crippen LogP contribution in [-0.2, 0) is 5.41 Å². The van der Waals surface area contributed by atoms with Crippen LogP contribution in [-0.4, -0.2) is 6.61 Å². The van der Waals surface area contributed by atoms with Gasteiger partial charge in [0.1, 0.15) is 5.75 Å². The second kappa shape index (κ2) is 6.27. The number of aryl methyl sites for hydroxylation is 1. The predicted molar refractivity (Wildman–Crippen MR) is 84.3 cm³/mol. The summed E-state index contributed by atoms with van der Waals surface area (Å²) >= 11 is 0. The highest BCUT2D eigenvalue weighted by Gasteiger charge is 2.23. The van der Waals surface area contributed by atoms with Crippen molar-refractivity contribution in [3.63, 3.8) is 0 Å². The Bertz CT molecular complexity index is 438. The van der Waals surface area contributed by atoms with E-state index in [2.05, 4.69) is 53.3 Å². The minimum absolute atomic E-state index is 0.0964. The van der Waals surface area contributed by atoms with Gasteiger partial charge in [-0.1, -0.05) is 51.5 Å². The third-order valence-electron chi connectivity index (χ3n) is 3.41. The van der Waals surface area contributed by atoms with Gasteiger partial charge in [-0.05, 0) is 37.2 Å². The molecule has 1 rings (SSSR count). The summed E-state index contributed by atoms with van der Waals surface area (Å²) in [6.07, 6.45) is 2.96. The largest absolute Gasteiger partial charge is 0.493 e. The van der Waals surface area contributed by atoms with Crippen molar-refractivity contribution in [3.8, 4) is 5.75 Å². The Morgan fingerprint density at radius 1 is 1.32 bits per heavy atom. The van der Waals surface area contributed by atoms with Crippen LogP contribution < -0.4 is 4.74 Å². The molecule has 0 aliphatic rings. The third kappa shape index (κ3) is 3.86. The van der Waals surface area contributed by atoms with E-state index in [4.69, 9.17) is 4.74 Å². The van der Waals surface area contributed by atoms with Crippen LogP contribution in [0.5, 0.6) is 5.75 Å². The summed E-state index contributed by atoms with van der Waals surface area (Å²) in [5, 5.41) is 0. The molecule has 0 bridgehead atoms. The van der Waals surface area contributed by atoms with Gasteiger partial charge in [-0.3, -0.25) is 0 Å². The van der Waals surface area contributed by atoms with Gasteiger partial charge in [-0.25, -0.2) is 0 Å². The topological polar surface area (TPSA) is 9.23 Å². The van der Waals surface area contributed by atoms with Gasteiger partial charge in [0.15, 0.2) is 0 Å². The molecule has 0 amide bonds. The van der Waals surface area contributed by atoms with Gasteiger partial charge in [-0.15, -0.1) is 6.58 Å². The van der Waals surface area contributed by atoms with Crippen LogP contribution in [0.25, 0.3) is 0 Å². The van der Waals surface area contributed by atoms with Crippen molar-refractivity contribution >= 4 is 0 Å². The number of rotatable bonds is 5. The van der Waals surface area contributed by atoms with Gasteiger partial charge in [0.05, 0.1) is 6.61 Å². The molecule has 0 saturated carbocycles. The average Bonchev–Trinajstić information content (AvgIpc) is 2.30. The average molecular weight is 260 g/mol. The number of allylic oxidation sites excluding steroid dienone is 1. The summed E-state index contributed by atoms with van der Waals surface area (Å²) in [7, 11) is 0. The maximum absolute atomic E-state index is 5.98.